The van der Waals surface area contributed by atoms with Crippen molar-refractivity contribution < 1.29 is 4.92 Å². The van der Waals surface area contributed by atoms with Crippen molar-refractivity contribution in [2.75, 3.05) is 5.75 Å². The number of nitro groups is 1. The summed E-state index contributed by atoms with van der Waals surface area (Å²) in [7, 11) is 0. The highest BCUT2D eigenvalue weighted by Gasteiger charge is 2.09. The van der Waals surface area contributed by atoms with E-state index >= 15 is 0 Å². The number of nitrogens with zero attached hydrogens (tertiary/aromatic N) is 1. The molecule has 1 aromatic carbocycles. The SMILES string of the molecule is CC(N)CSCc1ccc([N+](=O)[O-])cc1Br. The maximum Gasteiger partial charge on any atom is 0.270 e. The van der Waals surface area contributed by atoms with Crippen molar-refractivity contribution in [1.82, 2.24) is 0 Å². The van der Waals surface area contributed by atoms with Crippen molar-refractivity contribution in [3.05, 3.63) is 38.3 Å². The molecule has 1 unspecified atom stereocenters. The van der Waals surface area contributed by atoms with Crippen molar-refractivity contribution >= 4 is 33.4 Å². The Morgan fingerprint density at radius 1 is 1.62 bits per heavy atom. The quantitative estimate of drug-likeness (QED) is 0.671. The zero-order chi connectivity index (χ0) is 12.1. The molecule has 6 heteroatoms. The number of rotatable bonds is 5. The molecule has 0 saturated heterocycles. The Morgan fingerprint density at radius 2 is 2.31 bits per heavy atom. The maximum absolute atomic E-state index is 10.5. The summed E-state index contributed by atoms with van der Waals surface area (Å²) in [6.07, 6.45) is 0. The van der Waals surface area contributed by atoms with E-state index in [4.69, 9.17) is 5.73 Å². The van der Waals surface area contributed by atoms with Gasteiger partial charge in [0.1, 0.15) is 0 Å². The summed E-state index contributed by atoms with van der Waals surface area (Å²) in [6, 6.07) is 4.99. The average Bonchev–Trinajstić information content (AvgIpc) is 2.19. The molecule has 0 aliphatic heterocycles. The van der Waals surface area contributed by atoms with Crippen LogP contribution < -0.4 is 5.73 Å². The van der Waals surface area contributed by atoms with Crippen LogP contribution in [0.15, 0.2) is 22.7 Å². The lowest BCUT2D eigenvalue weighted by molar-refractivity contribution is -0.384. The molecule has 4 nitrogen and oxygen atoms in total. The summed E-state index contributed by atoms with van der Waals surface area (Å²) in [4.78, 5) is 10.1. The first kappa shape index (κ1) is 13.5. The fourth-order valence-electron chi connectivity index (χ4n) is 1.12. The van der Waals surface area contributed by atoms with Crippen LogP contribution in [-0.4, -0.2) is 16.7 Å². The smallest absolute Gasteiger partial charge is 0.270 e. The number of nitro benzene ring substituents is 1. The van der Waals surface area contributed by atoms with E-state index < -0.39 is 4.92 Å². The minimum Gasteiger partial charge on any atom is -0.327 e. The molecule has 0 aliphatic rings. The molecule has 16 heavy (non-hydrogen) atoms. The molecule has 0 aliphatic carbocycles. The van der Waals surface area contributed by atoms with E-state index in [1.165, 1.54) is 12.1 Å². The molecule has 0 radical (unpaired) electrons. The van der Waals surface area contributed by atoms with Crippen LogP contribution in [0.2, 0.25) is 0 Å². The summed E-state index contributed by atoms with van der Waals surface area (Å²) in [5.41, 5.74) is 6.79. The molecule has 0 heterocycles. The van der Waals surface area contributed by atoms with Crippen molar-refractivity contribution in [1.29, 1.82) is 0 Å². The number of hydrogen-bond acceptors (Lipinski definition) is 4. The lowest BCUT2D eigenvalue weighted by atomic mass is 10.2. The van der Waals surface area contributed by atoms with Gasteiger partial charge in [-0.2, -0.15) is 11.8 Å². The molecule has 1 aromatic rings. The number of non-ortho nitro benzene ring substituents is 1. The van der Waals surface area contributed by atoms with Gasteiger partial charge in [0.25, 0.3) is 5.69 Å². The largest absolute Gasteiger partial charge is 0.327 e. The molecule has 1 rings (SSSR count). The first-order chi connectivity index (χ1) is 7.50. The van der Waals surface area contributed by atoms with Crippen LogP contribution in [0.5, 0.6) is 0 Å². The number of halogens is 1. The minimum absolute atomic E-state index is 0.104. The predicted molar refractivity (Wildman–Crippen MR) is 70.6 cm³/mol. The van der Waals surface area contributed by atoms with E-state index in [0.29, 0.717) is 0 Å². The van der Waals surface area contributed by atoms with E-state index in [1.54, 1.807) is 17.8 Å². The molecule has 88 valence electrons. The Morgan fingerprint density at radius 3 is 2.81 bits per heavy atom. The fourth-order valence-corrected chi connectivity index (χ4v) is 2.78. The zero-order valence-electron chi connectivity index (χ0n) is 8.85. The van der Waals surface area contributed by atoms with Crippen LogP contribution in [0.25, 0.3) is 0 Å². The first-order valence-corrected chi connectivity index (χ1v) is 6.71. The third-order valence-corrected chi connectivity index (χ3v) is 3.90. The van der Waals surface area contributed by atoms with Crippen molar-refractivity contribution in [2.24, 2.45) is 5.73 Å². The molecular weight excluding hydrogens is 292 g/mol. The highest BCUT2D eigenvalue weighted by Crippen LogP contribution is 2.26. The van der Waals surface area contributed by atoms with Gasteiger partial charge in [-0.1, -0.05) is 22.0 Å². The molecular formula is C10H13BrN2O2S. The topological polar surface area (TPSA) is 69.2 Å². The van der Waals surface area contributed by atoms with Crippen molar-refractivity contribution in [3.8, 4) is 0 Å². The average molecular weight is 305 g/mol. The van der Waals surface area contributed by atoms with Crippen LogP contribution in [0.4, 0.5) is 5.69 Å². The molecule has 0 fully saturated rings. The lowest BCUT2D eigenvalue weighted by Gasteiger charge is -2.06. The van der Waals surface area contributed by atoms with E-state index in [9.17, 15) is 10.1 Å². The van der Waals surface area contributed by atoms with Gasteiger partial charge in [-0.3, -0.25) is 10.1 Å². The van der Waals surface area contributed by atoms with Crippen LogP contribution >= 0.6 is 27.7 Å². The van der Waals surface area contributed by atoms with E-state index in [1.807, 2.05) is 6.92 Å². The Hall–Kier alpha value is -0.590. The lowest BCUT2D eigenvalue weighted by Crippen LogP contribution is -2.17. The molecule has 0 aromatic heterocycles. The second kappa shape index (κ2) is 6.22. The maximum atomic E-state index is 10.5. The van der Waals surface area contributed by atoms with E-state index in [2.05, 4.69) is 15.9 Å². The van der Waals surface area contributed by atoms with Crippen LogP contribution in [0.1, 0.15) is 12.5 Å². The molecule has 0 spiro atoms. The number of nitrogens with two attached hydrogens (primary N) is 1. The van der Waals surface area contributed by atoms with Gasteiger partial charge in [0, 0.05) is 34.2 Å². The van der Waals surface area contributed by atoms with E-state index in [-0.39, 0.29) is 11.7 Å². The second-order valence-corrected chi connectivity index (χ2v) is 5.41. The number of benzene rings is 1. The van der Waals surface area contributed by atoms with Crippen LogP contribution in [-0.2, 0) is 5.75 Å². The highest BCUT2D eigenvalue weighted by molar-refractivity contribution is 9.10. The Bertz CT molecular complexity index is 385. The van der Waals surface area contributed by atoms with Crippen LogP contribution in [0, 0.1) is 10.1 Å². The van der Waals surface area contributed by atoms with Crippen molar-refractivity contribution in [2.45, 2.75) is 18.7 Å². The van der Waals surface area contributed by atoms with Gasteiger partial charge >= 0.3 is 0 Å². The zero-order valence-corrected chi connectivity index (χ0v) is 11.3. The van der Waals surface area contributed by atoms with Gasteiger partial charge in [0.15, 0.2) is 0 Å². The standard InChI is InChI=1S/C10H13BrN2O2S/c1-7(12)5-16-6-8-2-3-9(13(14)15)4-10(8)11/h2-4,7H,5-6,12H2,1H3. The number of hydrogen-bond donors (Lipinski definition) is 1. The van der Waals surface area contributed by atoms with Gasteiger partial charge in [-0.15, -0.1) is 0 Å². The highest BCUT2D eigenvalue weighted by atomic mass is 79.9. The third kappa shape index (κ3) is 4.11. The Kier molecular flexibility index (Phi) is 5.24. The Labute approximate surface area is 107 Å². The first-order valence-electron chi connectivity index (χ1n) is 4.77. The van der Waals surface area contributed by atoms with Gasteiger partial charge in [-0.25, -0.2) is 0 Å². The summed E-state index contributed by atoms with van der Waals surface area (Å²) in [5, 5.41) is 10.5. The van der Waals surface area contributed by atoms with Gasteiger partial charge < -0.3 is 5.73 Å². The second-order valence-electron chi connectivity index (χ2n) is 3.53. The normalized spacial score (nSPS) is 12.4. The Balaban J connectivity index is 2.64. The van der Waals surface area contributed by atoms with Gasteiger partial charge in [0.05, 0.1) is 4.92 Å². The summed E-state index contributed by atoms with van der Waals surface area (Å²) < 4.78 is 0.777. The number of thioether (sulfide) groups is 1. The van der Waals surface area contributed by atoms with Crippen molar-refractivity contribution in [3.63, 3.8) is 0 Å². The summed E-state index contributed by atoms with van der Waals surface area (Å²) >= 11 is 5.05. The van der Waals surface area contributed by atoms with Gasteiger partial charge in [-0.05, 0) is 12.5 Å². The predicted octanol–water partition coefficient (Wildman–Crippen LogP) is 2.94. The third-order valence-electron chi connectivity index (χ3n) is 1.89. The fraction of sp³-hybridized carbons (Fsp3) is 0.400. The molecule has 2 N–H and O–H groups in total. The molecule has 0 bridgehead atoms. The summed E-state index contributed by atoms with van der Waals surface area (Å²) in [5.74, 6) is 1.68. The minimum atomic E-state index is -0.399. The van der Waals surface area contributed by atoms with Gasteiger partial charge in [0.2, 0.25) is 0 Å². The molecule has 1 atom stereocenters. The monoisotopic (exact) mass is 304 g/mol. The molecule has 0 amide bonds. The summed E-state index contributed by atoms with van der Waals surface area (Å²) in [6.45, 7) is 1.96. The van der Waals surface area contributed by atoms with Crippen LogP contribution in [0.3, 0.4) is 0 Å². The molecule has 0 saturated carbocycles. The van der Waals surface area contributed by atoms with E-state index in [0.717, 1.165) is 21.5 Å².